The lowest BCUT2D eigenvalue weighted by atomic mass is 10.2. The van der Waals surface area contributed by atoms with E-state index in [1.165, 1.54) is 70.4 Å². The molecule has 2 heterocycles. The highest BCUT2D eigenvalue weighted by Gasteiger charge is 2.26. The van der Waals surface area contributed by atoms with Gasteiger partial charge in [-0.05, 0) is 73.0 Å². The smallest absolute Gasteiger partial charge is 0.267 e. The van der Waals surface area contributed by atoms with Crippen LogP contribution in [0.4, 0.5) is 10.8 Å². The van der Waals surface area contributed by atoms with Crippen molar-refractivity contribution in [1.82, 2.24) is 9.29 Å². The number of fused-ring (bicyclic) bond motifs is 1. The van der Waals surface area contributed by atoms with Gasteiger partial charge >= 0.3 is 0 Å². The van der Waals surface area contributed by atoms with Crippen LogP contribution in [-0.4, -0.2) is 47.8 Å². The minimum atomic E-state index is -3.66. The molecule has 4 aromatic rings. The van der Waals surface area contributed by atoms with Gasteiger partial charge in [0.05, 0.1) is 26.3 Å². The van der Waals surface area contributed by atoms with Crippen molar-refractivity contribution in [3.05, 3.63) is 92.4 Å². The third-order valence-electron chi connectivity index (χ3n) is 6.44. The molecule has 3 aromatic carbocycles. The van der Waals surface area contributed by atoms with E-state index < -0.39 is 20.9 Å². The van der Waals surface area contributed by atoms with Crippen molar-refractivity contribution in [3.8, 4) is 0 Å². The van der Waals surface area contributed by atoms with Crippen LogP contribution in [0.5, 0.6) is 0 Å². The molecule has 5 rings (SSSR count). The normalized spacial score (nSPS) is 14.8. The van der Waals surface area contributed by atoms with Crippen LogP contribution in [0.25, 0.3) is 10.2 Å². The summed E-state index contributed by atoms with van der Waals surface area (Å²) in [6.07, 6.45) is 5.10. The largest absolute Gasteiger partial charge is 0.280 e. The van der Waals surface area contributed by atoms with Gasteiger partial charge in [0.15, 0.2) is 0 Å². The van der Waals surface area contributed by atoms with Crippen LogP contribution in [-0.2, 0) is 10.0 Å². The van der Waals surface area contributed by atoms with E-state index in [1.54, 1.807) is 0 Å². The Morgan fingerprint density at radius 2 is 1.70 bits per heavy atom. The molecule has 10 nitrogen and oxygen atoms in total. The van der Waals surface area contributed by atoms with Crippen LogP contribution >= 0.6 is 27.3 Å². The molecule has 0 unspecified atom stereocenters. The number of aromatic nitrogens is 1. The van der Waals surface area contributed by atoms with Gasteiger partial charge in [-0.1, -0.05) is 40.1 Å². The molecule has 0 spiro atoms. The van der Waals surface area contributed by atoms with Gasteiger partial charge < -0.3 is 0 Å². The number of nitro benzene ring substituents is 1. The zero-order valence-corrected chi connectivity index (χ0v) is 24.4. The summed E-state index contributed by atoms with van der Waals surface area (Å²) < 4.78 is 29.6. The number of hydrogen-bond donors (Lipinski definition) is 0. The second-order valence-corrected chi connectivity index (χ2v) is 13.0. The van der Waals surface area contributed by atoms with Crippen molar-refractivity contribution in [2.75, 3.05) is 18.1 Å². The minimum Gasteiger partial charge on any atom is -0.267 e. The zero-order chi connectivity index (χ0) is 28.3. The number of nitrogens with zero attached hydrogens (tertiary/aromatic N) is 5. The van der Waals surface area contributed by atoms with E-state index in [1.807, 2.05) is 18.2 Å². The van der Waals surface area contributed by atoms with Crippen molar-refractivity contribution in [1.29, 1.82) is 0 Å². The topological polar surface area (TPSA) is 126 Å². The third kappa shape index (κ3) is 6.12. The maximum Gasteiger partial charge on any atom is 0.280 e. The van der Waals surface area contributed by atoms with Crippen molar-refractivity contribution in [3.63, 3.8) is 0 Å². The first-order valence-electron chi connectivity index (χ1n) is 12.5. The summed E-state index contributed by atoms with van der Waals surface area (Å²) in [6, 6.07) is 17.2. The Morgan fingerprint density at radius 1 is 1.02 bits per heavy atom. The maximum atomic E-state index is 13.7. The first-order valence-corrected chi connectivity index (χ1v) is 15.6. The highest BCUT2D eigenvalue weighted by molar-refractivity contribution is 9.10. The summed E-state index contributed by atoms with van der Waals surface area (Å²) in [7, 11) is -3.66. The molecule has 0 bridgehead atoms. The number of anilines is 1. The van der Waals surface area contributed by atoms with Crippen LogP contribution in [0.15, 0.2) is 81.2 Å². The third-order valence-corrected chi connectivity index (χ3v) is 9.84. The van der Waals surface area contributed by atoms with E-state index in [-0.39, 0.29) is 16.1 Å². The minimum absolute atomic E-state index is 0.0583. The molecule has 0 aliphatic carbocycles. The van der Waals surface area contributed by atoms with E-state index in [0.29, 0.717) is 29.3 Å². The molecule has 40 heavy (non-hydrogen) atoms. The van der Waals surface area contributed by atoms with Gasteiger partial charge in [0.25, 0.3) is 11.6 Å². The molecule has 1 saturated heterocycles. The van der Waals surface area contributed by atoms with Gasteiger partial charge in [-0.15, -0.1) is 0 Å². The molecule has 1 aromatic heterocycles. The predicted octanol–water partition coefficient (Wildman–Crippen LogP) is 6.21. The second kappa shape index (κ2) is 11.9. The summed E-state index contributed by atoms with van der Waals surface area (Å²) in [5, 5.41) is 16.8. The number of carbonyl (C=O) groups excluding carboxylic acids is 1. The number of sulfonamides is 1. The Labute approximate surface area is 243 Å². The van der Waals surface area contributed by atoms with Crippen LogP contribution in [0.2, 0.25) is 0 Å². The van der Waals surface area contributed by atoms with Crippen LogP contribution < -0.4 is 5.01 Å². The molecule has 0 N–H and O–H groups in total. The van der Waals surface area contributed by atoms with Crippen molar-refractivity contribution >= 4 is 70.4 Å². The summed E-state index contributed by atoms with van der Waals surface area (Å²) in [6.45, 7) is 0.976. The highest BCUT2D eigenvalue weighted by atomic mass is 79.9. The number of hydrazone groups is 1. The number of hydrogen-bond acceptors (Lipinski definition) is 8. The fourth-order valence-corrected chi connectivity index (χ4v) is 7.29. The molecule has 1 fully saturated rings. The zero-order valence-electron chi connectivity index (χ0n) is 21.1. The number of non-ortho nitro benzene ring substituents is 1. The summed E-state index contributed by atoms with van der Waals surface area (Å²) in [5.41, 5.74) is 1.41. The first kappa shape index (κ1) is 28.0. The molecule has 1 aliphatic rings. The van der Waals surface area contributed by atoms with Crippen molar-refractivity contribution in [2.24, 2.45) is 5.10 Å². The Hall–Kier alpha value is -3.52. The number of amides is 1. The lowest BCUT2D eigenvalue weighted by molar-refractivity contribution is -0.384. The van der Waals surface area contributed by atoms with E-state index in [0.717, 1.165) is 39.9 Å². The van der Waals surface area contributed by atoms with Gasteiger partial charge in [0, 0.05) is 35.3 Å². The molecule has 1 aliphatic heterocycles. The molecule has 206 valence electrons. The van der Waals surface area contributed by atoms with Crippen LogP contribution in [0, 0.1) is 10.1 Å². The summed E-state index contributed by atoms with van der Waals surface area (Å²) in [5.74, 6) is -0.505. The number of benzene rings is 3. The SMILES string of the molecule is O=C(c1ccc(S(=O)(=O)N2CCCCCC2)cc1)N(/N=C/c1ccc([N+](=O)[O-])cc1)c1nc2ccc(Br)cc2s1. The standard InChI is InChI=1S/C27H24BrN5O5S2/c28-21-9-14-24-25(17-21)39-27(30-24)32(29-18-19-5-10-22(11-6-19)33(35)36)26(34)20-7-12-23(13-8-20)40(37,38)31-15-3-1-2-4-16-31/h5-14,17-18H,1-4,15-16H2/b29-18+. The average molecular weight is 643 g/mol. The Balaban J connectivity index is 1.46. The monoisotopic (exact) mass is 641 g/mol. The summed E-state index contributed by atoms with van der Waals surface area (Å²) in [4.78, 5) is 28.9. The number of carbonyl (C=O) groups is 1. The van der Waals surface area contributed by atoms with Gasteiger partial charge in [0.2, 0.25) is 15.2 Å². The molecule has 0 radical (unpaired) electrons. The Bertz CT molecular complexity index is 1680. The number of nitro groups is 1. The van der Waals surface area contributed by atoms with E-state index in [4.69, 9.17) is 0 Å². The summed E-state index contributed by atoms with van der Waals surface area (Å²) >= 11 is 4.72. The fraction of sp³-hybridized carbons (Fsp3) is 0.222. The lowest BCUT2D eigenvalue weighted by Gasteiger charge is -2.20. The van der Waals surface area contributed by atoms with E-state index in [2.05, 4.69) is 26.0 Å². The second-order valence-electron chi connectivity index (χ2n) is 9.16. The van der Waals surface area contributed by atoms with E-state index in [9.17, 15) is 23.3 Å². The van der Waals surface area contributed by atoms with Gasteiger partial charge in [-0.25, -0.2) is 13.4 Å². The first-order chi connectivity index (χ1) is 19.2. The molecule has 0 atom stereocenters. The molecule has 0 saturated carbocycles. The van der Waals surface area contributed by atoms with Crippen molar-refractivity contribution < 1.29 is 18.1 Å². The molecule has 1 amide bonds. The van der Waals surface area contributed by atoms with Crippen LogP contribution in [0.1, 0.15) is 41.6 Å². The number of halogens is 1. The average Bonchev–Trinajstić information content (AvgIpc) is 3.15. The maximum absolute atomic E-state index is 13.7. The Kier molecular flexibility index (Phi) is 8.35. The van der Waals surface area contributed by atoms with E-state index >= 15 is 0 Å². The molecular weight excluding hydrogens is 618 g/mol. The predicted molar refractivity (Wildman–Crippen MR) is 158 cm³/mol. The van der Waals surface area contributed by atoms with Crippen LogP contribution in [0.3, 0.4) is 0 Å². The number of thiazole rings is 1. The Morgan fingerprint density at radius 3 is 2.35 bits per heavy atom. The lowest BCUT2D eigenvalue weighted by Crippen LogP contribution is -2.32. The number of rotatable bonds is 7. The molecule has 13 heteroatoms. The molecular formula is C27H24BrN5O5S2. The van der Waals surface area contributed by atoms with Crippen molar-refractivity contribution in [2.45, 2.75) is 30.6 Å². The van der Waals surface area contributed by atoms with Gasteiger partial charge in [-0.3, -0.25) is 14.9 Å². The fourth-order valence-electron chi connectivity index (χ4n) is 4.29. The highest BCUT2D eigenvalue weighted by Crippen LogP contribution is 2.32. The van der Waals surface area contributed by atoms with Gasteiger partial charge in [0.1, 0.15) is 0 Å². The quantitative estimate of drug-likeness (QED) is 0.134. The van der Waals surface area contributed by atoms with Gasteiger partial charge in [-0.2, -0.15) is 14.4 Å².